The van der Waals surface area contributed by atoms with Crippen molar-refractivity contribution in [3.63, 3.8) is 0 Å². The minimum absolute atomic E-state index is 0.145. The second kappa shape index (κ2) is 11.2. The third-order valence-corrected chi connectivity index (χ3v) is 5.87. The summed E-state index contributed by atoms with van der Waals surface area (Å²) in [5.41, 5.74) is 2.38. The van der Waals surface area contributed by atoms with Crippen LogP contribution in [0.15, 0.2) is 47.4 Å². The van der Waals surface area contributed by atoms with Crippen LogP contribution in [0.4, 0.5) is 0 Å². The molecule has 2 heterocycles. The minimum atomic E-state index is -0.145. The summed E-state index contributed by atoms with van der Waals surface area (Å²) in [4.78, 5) is 19.4. The third kappa shape index (κ3) is 5.83. The fourth-order valence-electron chi connectivity index (χ4n) is 4.04. The molecule has 0 N–H and O–H groups in total. The van der Waals surface area contributed by atoms with Crippen LogP contribution < -0.4 is 19.8 Å². The van der Waals surface area contributed by atoms with Crippen molar-refractivity contribution in [2.75, 3.05) is 53.7 Å². The average Bonchev–Trinajstić information content (AvgIpc) is 2.86. The number of hydrogen-bond acceptors (Lipinski definition) is 7. The quantitative estimate of drug-likeness (QED) is 0.437. The maximum absolute atomic E-state index is 12.7. The Morgan fingerprint density at radius 1 is 1.03 bits per heavy atom. The molecule has 0 aliphatic carbocycles. The number of ether oxygens (including phenoxy) is 4. The highest BCUT2D eigenvalue weighted by molar-refractivity contribution is 5.79. The zero-order chi connectivity index (χ0) is 23.0. The van der Waals surface area contributed by atoms with Crippen molar-refractivity contribution in [1.82, 2.24) is 14.5 Å². The van der Waals surface area contributed by atoms with Crippen molar-refractivity contribution in [2.24, 2.45) is 0 Å². The number of aryl methyl sites for hydroxylation is 2. The molecule has 0 radical (unpaired) electrons. The van der Waals surface area contributed by atoms with E-state index in [1.165, 1.54) is 6.20 Å². The lowest BCUT2D eigenvalue weighted by molar-refractivity contribution is 0.0357. The molecule has 2 aromatic carbocycles. The van der Waals surface area contributed by atoms with Crippen LogP contribution in [0.25, 0.3) is 11.0 Å². The van der Waals surface area contributed by atoms with Gasteiger partial charge in [-0.25, -0.2) is 4.98 Å². The molecule has 1 aromatic heterocycles. The van der Waals surface area contributed by atoms with Crippen LogP contribution in [0, 0.1) is 0 Å². The molecule has 0 atom stereocenters. The van der Waals surface area contributed by atoms with Gasteiger partial charge in [0, 0.05) is 38.3 Å². The lowest BCUT2D eigenvalue weighted by atomic mass is 10.1. The Hall–Kier alpha value is -3.10. The van der Waals surface area contributed by atoms with Gasteiger partial charge in [-0.05, 0) is 30.5 Å². The molecule has 3 aromatic rings. The molecule has 1 fully saturated rings. The normalized spacial score (nSPS) is 14.4. The van der Waals surface area contributed by atoms with Crippen LogP contribution in [0.1, 0.15) is 12.0 Å². The van der Waals surface area contributed by atoms with Crippen LogP contribution in [-0.4, -0.2) is 68.1 Å². The van der Waals surface area contributed by atoms with E-state index < -0.39 is 0 Å². The van der Waals surface area contributed by atoms with Gasteiger partial charge < -0.3 is 23.5 Å². The van der Waals surface area contributed by atoms with Gasteiger partial charge >= 0.3 is 0 Å². The van der Waals surface area contributed by atoms with E-state index in [1.54, 1.807) is 18.8 Å². The summed E-state index contributed by atoms with van der Waals surface area (Å²) in [5.74, 6) is 2.03. The Morgan fingerprint density at radius 2 is 1.88 bits per heavy atom. The van der Waals surface area contributed by atoms with E-state index in [9.17, 15) is 4.79 Å². The van der Waals surface area contributed by atoms with Gasteiger partial charge in [-0.3, -0.25) is 9.69 Å². The summed E-state index contributed by atoms with van der Waals surface area (Å²) >= 11 is 0. The van der Waals surface area contributed by atoms with Gasteiger partial charge in [-0.15, -0.1) is 0 Å². The van der Waals surface area contributed by atoms with E-state index in [0.717, 1.165) is 56.1 Å². The topological polar surface area (TPSA) is 75.1 Å². The Kier molecular flexibility index (Phi) is 7.80. The highest BCUT2D eigenvalue weighted by Gasteiger charge is 2.13. The first-order chi connectivity index (χ1) is 16.2. The zero-order valence-electron chi connectivity index (χ0n) is 19.3. The molecule has 8 nitrogen and oxygen atoms in total. The smallest absolute Gasteiger partial charge is 0.269 e. The number of fused-ring (bicyclic) bond motifs is 1. The Bertz CT molecular complexity index is 1120. The first-order valence-electron chi connectivity index (χ1n) is 11.3. The SMILES string of the molecule is COc1cccc(CCn2c(=O)cnc3cc(OC)c(OCCCN4CCOCC4)cc32)c1. The molecule has 0 unspecified atom stereocenters. The van der Waals surface area contributed by atoms with E-state index in [1.807, 2.05) is 36.4 Å². The Balaban J connectivity index is 1.50. The predicted octanol–water partition coefficient (Wildman–Crippen LogP) is 2.76. The molecule has 1 saturated heterocycles. The van der Waals surface area contributed by atoms with Crippen molar-refractivity contribution >= 4 is 11.0 Å². The summed E-state index contributed by atoms with van der Waals surface area (Å²) in [5, 5.41) is 0. The van der Waals surface area contributed by atoms with E-state index in [2.05, 4.69) is 9.88 Å². The van der Waals surface area contributed by atoms with Gasteiger partial charge in [0.1, 0.15) is 5.75 Å². The number of rotatable bonds is 10. The van der Waals surface area contributed by atoms with Gasteiger partial charge in [-0.1, -0.05) is 12.1 Å². The molecule has 1 aliphatic rings. The predicted molar refractivity (Wildman–Crippen MR) is 127 cm³/mol. The Labute approximate surface area is 193 Å². The summed E-state index contributed by atoms with van der Waals surface area (Å²) in [7, 11) is 3.26. The largest absolute Gasteiger partial charge is 0.497 e. The van der Waals surface area contributed by atoms with Crippen molar-refractivity contribution < 1.29 is 18.9 Å². The summed E-state index contributed by atoms with van der Waals surface area (Å²) in [6, 6.07) is 11.6. The second-order valence-corrected chi connectivity index (χ2v) is 8.00. The van der Waals surface area contributed by atoms with Crippen molar-refractivity contribution in [2.45, 2.75) is 19.4 Å². The second-order valence-electron chi connectivity index (χ2n) is 8.00. The van der Waals surface area contributed by atoms with Crippen LogP contribution in [0.5, 0.6) is 17.2 Å². The minimum Gasteiger partial charge on any atom is -0.497 e. The van der Waals surface area contributed by atoms with Crippen molar-refractivity contribution in [1.29, 1.82) is 0 Å². The lowest BCUT2D eigenvalue weighted by Crippen LogP contribution is -2.37. The maximum Gasteiger partial charge on any atom is 0.269 e. The van der Waals surface area contributed by atoms with Gasteiger partial charge in [0.15, 0.2) is 11.5 Å². The zero-order valence-corrected chi connectivity index (χ0v) is 19.3. The maximum atomic E-state index is 12.7. The number of aromatic nitrogens is 2. The van der Waals surface area contributed by atoms with E-state index in [0.29, 0.717) is 36.6 Å². The van der Waals surface area contributed by atoms with E-state index in [-0.39, 0.29) is 5.56 Å². The lowest BCUT2D eigenvalue weighted by Gasteiger charge is -2.26. The molecule has 0 amide bonds. The van der Waals surface area contributed by atoms with Crippen LogP contribution >= 0.6 is 0 Å². The number of benzene rings is 2. The summed E-state index contributed by atoms with van der Waals surface area (Å²) in [6.07, 6.45) is 2.95. The van der Waals surface area contributed by atoms with Crippen molar-refractivity contribution in [3.05, 3.63) is 58.5 Å². The Morgan fingerprint density at radius 3 is 2.67 bits per heavy atom. The van der Waals surface area contributed by atoms with Crippen LogP contribution in [0.3, 0.4) is 0 Å². The van der Waals surface area contributed by atoms with E-state index in [4.69, 9.17) is 18.9 Å². The van der Waals surface area contributed by atoms with Crippen LogP contribution in [-0.2, 0) is 17.7 Å². The molecule has 176 valence electrons. The molecule has 0 saturated carbocycles. The van der Waals surface area contributed by atoms with Gasteiger partial charge in [0.05, 0.1) is 51.3 Å². The molecule has 8 heteroatoms. The van der Waals surface area contributed by atoms with Gasteiger partial charge in [-0.2, -0.15) is 0 Å². The molecule has 4 rings (SSSR count). The third-order valence-electron chi connectivity index (χ3n) is 5.87. The molecule has 33 heavy (non-hydrogen) atoms. The molecular weight excluding hydrogens is 422 g/mol. The fraction of sp³-hybridized carbons (Fsp3) is 0.440. The number of methoxy groups -OCH3 is 2. The average molecular weight is 454 g/mol. The number of hydrogen-bond donors (Lipinski definition) is 0. The number of nitrogens with zero attached hydrogens (tertiary/aromatic N) is 3. The number of morpholine rings is 1. The monoisotopic (exact) mass is 453 g/mol. The van der Waals surface area contributed by atoms with Crippen molar-refractivity contribution in [3.8, 4) is 17.2 Å². The van der Waals surface area contributed by atoms with E-state index >= 15 is 0 Å². The fourth-order valence-corrected chi connectivity index (χ4v) is 4.04. The summed E-state index contributed by atoms with van der Waals surface area (Å²) < 4.78 is 24.0. The van der Waals surface area contributed by atoms with Gasteiger partial charge in [0.25, 0.3) is 5.56 Å². The first-order valence-corrected chi connectivity index (χ1v) is 11.3. The first kappa shape index (κ1) is 23.1. The molecule has 0 bridgehead atoms. The highest BCUT2D eigenvalue weighted by Crippen LogP contribution is 2.31. The standard InChI is InChI=1S/C25H31N3O5/c1-30-20-6-3-5-19(15-20)7-9-28-22-17-24(23(31-2)16-21(22)26-18-25(28)29)33-12-4-8-27-10-13-32-14-11-27/h3,5-6,15-18H,4,7-14H2,1-2H3. The highest BCUT2D eigenvalue weighted by atomic mass is 16.5. The van der Waals surface area contributed by atoms with Crippen LogP contribution in [0.2, 0.25) is 0 Å². The van der Waals surface area contributed by atoms with Gasteiger partial charge in [0.2, 0.25) is 0 Å². The summed E-state index contributed by atoms with van der Waals surface area (Å²) in [6.45, 7) is 5.56. The molecular formula is C25H31N3O5. The molecule has 0 spiro atoms. The molecule has 1 aliphatic heterocycles.